The van der Waals surface area contributed by atoms with Crippen LogP contribution in [-0.4, -0.2) is 36.6 Å². The van der Waals surface area contributed by atoms with E-state index in [-0.39, 0.29) is 11.5 Å². The Morgan fingerprint density at radius 1 is 1.07 bits per heavy atom. The number of carbonyl (C=O) groups excluding carboxylic acids is 1. The van der Waals surface area contributed by atoms with Crippen LogP contribution >= 0.6 is 0 Å². The van der Waals surface area contributed by atoms with Crippen molar-refractivity contribution < 1.29 is 14.8 Å². The number of nitrogens with one attached hydrogen (secondary N) is 1. The molecule has 7 atom stereocenters. The maximum atomic E-state index is 13.4. The van der Waals surface area contributed by atoms with Crippen LogP contribution in [0, 0.1) is 34.5 Å². The van der Waals surface area contributed by atoms with Gasteiger partial charge in [0.2, 0.25) is 0 Å². The Hall–Kier alpha value is -0.670. The molecule has 1 aliphatic heterocycles. The first kappa shape index (κ1) is 20.2. The molecule has 2 N–H and O–H groups in total. The molecule has 0 aromatic carbocycles. The van der Waals surface area contributed by atoms with Crippen molar-refractivity contribution >= 4 is 5.78 Å². The molecule has 5 aliphatic rings. The van der Waals surface area contributed by atoms with Gasteiger partial charge in [0, 0.05) is 5.92 Å². The number of carbonyl (C=O) groups is 1. The summed E-state index contributed by atoms with van der Waals surface area (Å²) in [5.41, 5.74) is 2.10. The highest BCUT2D eigenvalue weighted by Crippen LogP contribution is 2.66. The van der Waals surface area contributed by atoms with Crippen molar-refractivity contribution in [2.45, 2.75) is 90.6 Å². The van der Waals surface area contributed by atoms with Crippen molar-refractivity contribution in [3.63, 3.8) is 0 Å². The minimum atomic E-state index is -0.120. The van der Waals surface area contributed by atoms with Crippen molar-refractivity contribution in [3.8, 4) is 0 Å². The number of allylic oxidation sites excluding steroid dienone is 1. The molecule has 0 aromatic rings. The summed E-state index contributed by atoms with van der Waals surface area (Å²) in [6, 6.07) is 0. The van der Waals surface area contributed by atoms with Gasteiger partial charge < -0.3 is 10.0 Å². The lowest BCUT2D eigenvalue weighted by molar-refractivity contribution is -0.896. The van der Waals surface area contributed by atoms with Crippen LogP contribution in [0.3, 0.4) is 0 Å². The topological polar surface area (TPSA) is 41.7 Å². The van der Waals surface area contributed by atoms with E-state index < -0.39 is 0 Å². The minimum absolute atomic E-state index is 0.120. The predicted molar refractivity (Wildman–Crippen MR) is 116 cm³/mol. The second-order valence-electron chi connectivity index (χ2n) is 11.8. The molecule has 3 saturated carbocycles. The lowest BCUT2D eigenvalue weighted by Gasteiger charge is -2.57. The number of aliphatic hydroxyl groups excluding tert-OH is 1. The number of ketones is 1. The van der Waals surface area contributed by atoms with E-state index >= 15 is 0 Å². The van der Waals surface area contributed by atoms with Gasteiger partial charge in [0.05, 0.1) is 19.2 Å². The van der Waals surface area contributed by atoms with Crippen molar-refractivity contribution in [2.24, 2.45) is 34.5 Å². The van der Waals surface area contributed by atoms with Gasteiger partial charge in [0.1, 0.15) is 6.54 Å². The normalized spacial score (nSPS) is 47.7. The molecule has 4 fully saturated rings. The summed E-state index contributed by atoms with van der Waals surface area (Å²) in [7, 11) is 0. The monoisotopic (exact) mass is 400 g/mol. The molecule has 0 unspecified atom stereocenters. The Labute approximate surface area is 177 Å². The molecule has 5 rings (SSSR count). The van der Waals surface area contributed by atoms with Gasteiger partial charge in [-0.05, 0) is 99.2 Å². The zero-order valence-corrected chi connectivity index (χ0v) is 18.7. The maximum absolute atomic E-state index is 13.4. The van der Waals surface area contributed by atoms with Crippen molar-refractivity contribution in [2.75, 3.05) is 19.6 Å². The van der Waals surface area contributed by atoms with E-state index in [9.17, 15) is 9.90 Å². The summed E-state index contributed by atoms with van der Waals surface area (Å²) >= 11 is 0. The van der Waals surface area contributed by atoms with Gasteiger partial charge in [-0.15, -0.1) is 0 Å². The van der Waals surface area contributed by atoms with E-state index in [0.29, 0.717) is 17.1 Å². The summed E-state index contributed by atoms with van der Waals surface area (Å²) < 4.78 is 0. The maximum Gasteiger partial charge on any atom is 0.190 e. The van der Waals surface area contributed by atoms with Crippen LogP contribution in [-0.2, 0) is 4.79 Å². The molecule has 0 bridgehead atoms. The lowest BCUT2D eigenvalue weighted by atomic mass is 9.47. The quantitative estimate of drug-likeness (QED) is 0.711. The Balaban J connectivity index is 1.33. The lowest BCUT2D eigenvalue weighted by Crippen LogP contribution is -3.13. The van der Waals surface area contributed by atoms with Gasteiger partial charge in [-0.3, -0.25) is 4.79 Å². The van der Waals surface area contributed by atoms with E-state index in [2.05, 4.69) is 19.9 Å². The number of fused-ring (bicyclic) bond motifs is 5. The summed E-state index contributed by atoms with van der Waals surface area (Å²) in [5.74, 6) is 3.17. The fourth-order valence-electron chi connectivity index (χ4n) is 8.77. The zero-order valence-electron chi connectivity index (χ0n) is 18.7. The van der Waals surface area contributed by atoms with E-state index in [0.717, 1.165) is 50.0 Å². The predicted octanol–water partition coefficient (Wildman–Crippen LogP) is 3.56. The van der Waals surface area contributed by atoms with Crippen LogP contribution in [0.1, 0.15) is 84.5 Å². The van der Waals surface area contributed by atoms with Crippen LogP contribution in [0.4, 0.5) is 0 Å². The molecule has 1 heterocycles. The first-order valence-electron chi connectivity index (χ1n) is 12.7. The Morgan fingerprint density at radius 3 is 2.66 bits per heavy atom. The zero-order chi connectivity index (χ0) is 20.2. The fourth-order valence-corrected chi connectivity index (χ4v) is 8.77. The Morgan fingerprint density at radius 2 is 1.86 bits per heavy atom. The molecule has 162 valence electrons. The number of rotatable bonds is 3. The molecule has 1 saturated heterocycles. The van der Waals surface area contributed by atoms with E-state index in [1.54, 1.807) is 10.5 Å². The molecular formula is C26H42NO2+. The smallest absolute Gasteiger partial charge is 0.190 e. The highest BCUT2D eigenvalue weighted by atomic mass is 16.3. The average Bonchev–Trinajstić information content (AvgIpc) is 3.06. The number of hydrogen-bond acceptors (Lipinski definition) is 2. The first-order valence-corrected chi connectivity index (χ1v) is 12.7. The van der Waals surface area contributed by atoms with Crippen LogP contribution in [0.15, 0.2) is 11.6 Å². The summed E-state index contributed by atoms with van der Waals surface area (Å²) in [4.78, 5) is 15.0. The third-order valence-electron chi connectivity index (χ3n) is 10.5. The van der Waals surface area contributed by atoms with Gasteiger partial charge in [-0.2, -0.15) is 0 Å². The number of piperidine rings is 1. The van der Waals surface area contributed by atoms with Crippen LogP contribution in [0.25, 0.3) is 0 Å². The molecule has 3 heteroatoms. The Bertz CT molecular complexity index is 680. The second-order valence-corrected chi connectivity index (χ2v) is 11.8. The summed E-state index contributed by atoms with van der Waals surface area (Å²) in [6.07, 6.45) is 15.5. The van der Waals surface area contributed by atoms with Crippen LogP contribution < -0.4 is 4.90 Å². The standard InChI is InChI=1S/C26H41NO2/c1-25-12-10-19(28)16-18(25)6-7-20-21-8-9-23(26(21,2)13-11-22(20)25)24(29)17-27-14-4-3-5-15-27/h6,19-23,28H,3-5,7-17H2,1-2H3/p+1/t19-,20-,21-,22+,23+,25-,26-/m0/s1. The number of Topliss-reactive ketones (excluding diaryl/α,β-unsaturated/α-hetero) is 1. The van der Waals surface area contributed by atoms with Crippen LogP contribution in [0.5, 0.6) is 0 Å². The van der Waals surface area contributed by atoms with Gasteiger partial charge >= 0.3 is 0 Å². The largest absolute Gasteiger partial charge is 0.393 e. The molecule has 4 aliphatic carbocycles. The molecule has 0 amide bonds. The molecule has 3 nitrogen and oxygen atoms in total. The Kier molecular flexibility index (Phi) is 5.22. The molecule has 0 spiro atoms. The fraction of sp³-hybridized carbons (Fsp3) is 0.885. The molecule has 29 heavy (non-hydrogen) atoms. The second kappa shape index (κ2) is 7.48. The molecule has 0 aromatic heterocycles. The van der Waals surface area contributed by atoms with E-state index in [4.69, 9.17) is 0 Å². The van der Waals surface area contributed by atoms with E-state index in [1.165, 1.54) is 58.0 Å². The van der Waals surface area contributed by atoms with Crippen molar-refractivity contribution in [3.05, 3.63) is 11.6 Å². The summed E-state index contributed by atoms with van der Waals surface area (Å²) in [6.45, 7) is 8.20. The van der Waals surface area contributed by atoms with Crippen LogP contribution in [0.2, 0.25) is 0 Å². The molecule has 0 radical (unpaired) electrons. The third-order valence-corrected chi connectivity index (χ3v) is 10.5. The SMILES string of the molecule is C[C@]12CC[C@@H]3[C@@H](CC=C4C[C@@H](O)CC[C@@]43C)[C@@H]1CC[C@@H]2C(=O)C[NH+]1CCCCC1. The highest BCUT2D eigenvalue weighted by molar-refractivity contribution is 5.83. The van der Waals surface area contributed by atoms with Crippen molar-refractivity contribution in [1.29, 1.82) is 0 Å². The molecular weight excluding hydrogens is 358 g/mol. The number of quaternary nitrogens is 1. The number of aliphatic hydroxyl groups is 1. The third kappa shape index (κ3) is 3.26. The number of likely N-dealkylation sites (tertiary alicyclic amines) is 1. The van der Waals surface area contributed by atoms with E-state index in [1.807, 2.05) is 0 Å². The average molecular weight is 401 g/mol. The van der Waals surface area contributed by atoms with Gasteiger partial charge in [-0.1, -0.05) is 25.5 Å². The number of hydrogen-bond donors (Lipinski definition) is 2. The minimum Gasteiger partial charge on any atom is -0.393 e. The summed E-state index contributed by atoms with van der Waals surface area (Å²) in [5, 5.41) is 10.2. The van der Waals surface area contributed by atoms with Crippen molar-refractivity contribution in [1.82, 2.24) is 0 Å². The van der Waals surface area contributed by atoms with Gasteiger partial charge in [-0.25, -0.2) is 0 Å². The highest BCUT2D eigenvalue weighted by Gasteiger charge is 2.59. The first-order chi connectivity index (χ1) is 13.9. The van der Waals surface area contributed by atoms with Gasteiger partial charge in [0.25, 0.3) is 0 Å². The van der Waals surface area contributed by atoms with Gasteiger partial charge in [0.15, 0.2) is 5.78 Å².